The van der Waals surface area contributed by atoms with Crippen molar-refractivity contribution in [2.24, 2.45) is 0 Å². The summed E-state index contributed by atoms with van der Waals surface area (Å²) in [5, 5.41) is 9.05. The molecule has 0 radical (unpaired) electrons. The SMILES string of the molecule is C=CC(O)Cc1ccco1. The van der Waals surface area contributed by atoms with Crippen LogP contribution in [0.3, 0.4) is 0 Å². The number of furan rings is 1. The van der Waals surface area contributed by atoms with Crippen LogP contribution in [-0.4, -0.2) is 11.2 Å². The van der Waals surface area contributed by atoms with Crippen molar-refractivity contribution in [3.05, 3.63) is 36.8 Å². The zero-order chi connectivity index (χ0) is 7.40. The van der Waals surface area contributed by atoms with Crippen molar-refractivity contribution in [3.8, 4) is 0 Å². The van der Waals surface area contributed by atoms with Crippen LogP contribution in [0.25, 0.3) is 0 Å². The van der Waals surface area contributed by atoms with Gasteiger partial charge >= 0.3 is 0 Å². The van der Waals surface area contributed by atoms with E-state index < -0.39 is 6.10 Å². The van der Waals surface area contributed by atoms with E-state index in [0.29, 0.717) is 6.42 Å². The molecule has 0 aromatic carbocycles. The van der Waals surface area contributed by atoms with Gasteiger partial charge in [-0.25, -0.2) is 0 Å². The van der Waals surface area contributed by atoms with Crippen molar-refractivity contribution in [1.29, 1.82) is 0 Å². The maximum absolute atomic E-state index is 9.05. The van der Waals surface area contributed by atoms with Crippen LogP contribution >= 0.6 is 0 Å². The van der Waals surface area contributed by atoms with E-state index in [0.717, 1.165) is 5.76 Å². The van der Waals surface area contributed by atoms with Crippen LogP contribution in [-0.2, 0) is 6.42 Å². The van der Waals surface area contributed by atoms with Crippen LogP contribution in [0.5, 0.6) is 0 Å². The number of aliphatic hydroxyl groups is 1. The van der Waals surface area contributed by atoms with Gasteiger partial charge in [0, 0.05) is 6.42 Å². The van der Waals surface area contributed by atoms with E-state index in [2.05, 4.69) is 6.58 Å². The first kappa shape index (κ1) is 7.09. The van der Waals surface area contributed by atoms with E-state index in [9.17, 15) is 0 Å². The van der Waals surface area contributed by atoms with Gasteiger partial charge in [0.25, 0.3) is 0 Å². The third-order valence-electron chi connectivity index (χ3n) is 1.26. The average Bonchev–Trinajstić information content (AvgIpc) is 2.40. The molecule has 0 aliphatic heterocycles. The molecular weight excluding hydrogens is 128 g/mol. The van der Waals surface area contributed by atoms with E-state index in [1.165, 1.54) is 6.08 Å². The monoisotopic (exact) mass is 138 g/mol. The third kappa shape index (κ3) is 1.74. The van der Waals surface area contributed by atoms with Gasteiger partial charge in [-0.15, -0.1) is 6.58 Å². The molecule has 10 heavy (non-hydrogen) atoms. The summed E-state index contributed by atoms with van der Waals surface area (Å²) >= 11 is 0. The van der Waals surface area contributed by atoms with E-state index >= 15 is 0 Å². The Hall–Kier alpha value is -1.02. The predicted octanol–water partition coefficient (Wildman–Crippen LogP) is 1.37. The summed E-state index contributed by atoms with van der Waals surface area (Å²) in [6.07, 6.45) is 3.09. The topological polar surface area (TPSA) is 33.4 Å². The number of aliphatic hydroxyl groups excluding tert-OH is 1. The van der Waals surface area contributed by atoms with Crippen LogP contribution < -0.4 is 0 Å². The van der Waals surface area contributed by atoms with E-state index in [-0.39, 0.29) is 0 Å². The third-order valence-corrected chi connectivity index (χ3v) is 1.26. The lowest BCUT2D eigenvalue weighted by Gasteiger charge is -1.99. The highest BCUT2D eigenvalue weighted by atomic mass is 16.3. The quantitative estimate of drug-likeness (QED) is 0.640. The molecule has 0 saturated heterocycles. The second kappa shape index (κ2) is 3.22. The Morgan fingerprint density at radius 3 is 3.10 bits per heavy atom. The second-order valence-corrected chi connectivity index (χ2v) is 2.09. The lowest BCUT2D eigenvalue weighted by molar-refractivity contribution is 0.215. The van der Waals surface area contributed by atoms with Crippen molar-refractivity contribution in [2.75, 3.05) is 0 Å². The van der Waals surface area contributed by atoms with Gasteiger partial charge in [-0.2, -0.15) is 0 Å². The van der Waals surface area contributed by atoms with Crippen LogP contribution in [0.2, 0.25) is 0 Å². The van der Waals surface area contributed by atoms with Gasteiger partial charge < -0.3 is 9.52 Å². The summed E-state index contributed by atoms with van der Waals surface area (Å²) in [4.78, 5) is 0. The summed E-state index contributed by atoms with van der Waals surface area (Å²) in [6.45, 7) is 3.45. The Labute approximate surface area is 59.8 Å². The molecule has 0 fully saturated rings. The molecule has 1 unspecified atom stereocenters. The van der Waals surface area contributed by atoms with Gasteiger partial charge in [0.05, 0.1) is 12.4 Å². The van der Waals surface area contributed by atoms with Crippen molar-refractivity contribution in [2.45, 2.75) is 12.5 Å². The first-order chi connectivity index (χ1) is 4.83. The lowest BCUT2D eigenvalue weighted by Crippen LogP contribution is -2.04. The minimum Gasteiger partial charge on any atom is -0.469 e. The molecule has 1 rings (SSSR count). The average molecular weight is 138 g/mol. The zero-order valence-electron chi connectivity index (χ0n) is 5.66. The molecule has 1 atom stereocenters. The zero-order valence-corrected chi connectivity index (χ0v) is 5.66. The molecule has 2 heteroatoms. The fraction of sp³-hybridized carbons (Fsp3) is 0.250. The molecule has 0 aliphatic carbocycles. The van der Waals surface area contributed by atoms with Gasteiger partial charge in [-0.1, -0.05) is 6.08 Å². The Morgan fingerprint density at radius 1 is 1.80 bits per heavy atom. The van der Waals surface area contributed by atoms with Gasteiger partial charge in [0.15, 0.2) is 0 Å². The van der Waals surface area contributed by atoms with Crippen LogP contribution in [0, 0.1) is 0 Å². The van der Waals surface area contributed by atoms with E-state index in [1.807, 2.05) is 6.07 Å². The Morgan fingerprint density at radius 2 is 2.60 bits per heavy atom. The highest BCUT2D eigenvalue weighted by Gasteiger charge is 2.01. The van der Waals surface area contributed by atoms with Crippen molar-refractivity contribution in [3.63, 3.8) is 0 Å². The molecule has 54 valence electrons. The van der Waals surface area contributed by atoms with E-state index in [4.69, 9.17) is 9.52 Å². The van der Waals surface area contributed by atoms with Gasteiger partial charge in [0.2, 0.25) is 0 Å². The van der Waals surface area contributed by atoms with Crippen molar-refractivity contribution >= 4 is 0 Å². The number of hydrogen-bond donors (Lipinski definition) is 1. The van der Waals surface area contributed by atoms with Gasteiger partial charge in [0.1, 0.15) is 5.76 Å². The summed E-state index contributed by atoms with van der Waals surface area (Å²) in [5.74, 6) is 0.785. The summed E-state index contributed by atoms with van der Waals surface area (Å²) in [7, 11) is 0. The summed E-state index contributed by atoms with van der Waals surface area (Å²) < 4.78 is 5.00. The molecule has 0 saturated carbocycles. The molecule has 1 N–H and O–H groups in total. The number of hydrogen-bond acceptors (Lipinski definition) is 2. The molecule has 0 amide bonds. The Bertz CT molecular complexity index is 189. The molecule has 0 bridgehead atoms. The van der Waals surface area contributed by atoms with Crippen LogP contribution in [0.15, 0.2) is 35.5 Å². The standard InChI is InChI=1S/C8H10O2/c1-2-7(9)6-8-4-3-5-10-8/h2-5,7,9H,1,6H2. The predicted molar refractivity (Wildman–Crippen MR) is 38.6 cm³/mol. The first-order valence-corrected chi connectivity index (χ1v) is 3.16. The highest BCUT2D eigenvalue weighted by Crippen LogP contribution is 2.03. The maximum atomic E-state index is 9.05. The molecule has 0 aliphatic rings. The van der Waals surface area contributed by atoms with Crippen LogP contribution in [0.1, 0.15) is 5.76 Å². The minimum atomic E-state index is -0.494. The minimum absolute atomic E-state index is 0.494. The largest absolute Gasteiger partial charge is 0.469 e. The first-order valence-electron chi connectivity index (χ1n) is 3.16. The molecule has 1 aromatic heterocycles. The fourth-order valence-electron chi connectivity index (χ4n) is 0.718. The van der Waals surface area contributed by atoms with Gasteiger partial charge in [-0.05, 0) is 12.1 Å². The summed E-state index contributed by atoms with van der Waals surface area (Å²) in [5.41, 5.74) is 0. The smallest absolute Gasteiger partial charge is 0.106 e. The molecule has 0 spiro atoms. The fourth-order valence-corrected chi connectivity index (χ4v) is 0.718. The highest BCUT2D eigenvalue weighted by molar-refractivity contribution is 5.01. The van der Waals surface area contributed by atoms with E-state index in [1.54, 1.807) is 12.3 Å². The lowest BCUT2D eigenvalue weighted by atomic mass is 10.2. The maximum Gasteiger partial charge on any atom is 0.106 e. The molecule has 2 nitrogen and oxygen atoms in total. The Kier molecular flexibility index (Phi) is 2.29. The molecule has 1 aromatic rings. The summed E-state index contributed by atoms with van der Waals surface area (Å²) in [6, 6.07) is 3.62. The van der Waals surface area contributed by atoms with Crippen molar-refractivity contribution < 1.29 is 9.52 Å². The van der Waals surface area contributed by atoms with Crippen molar-refractivity contribution in [1.82, 2.24) is 0 Å². The van der Waals surface area contributed by atoms with Gasteiger partial charge in [-0.3, -0.25) is 0 Å². The molecular formula is C8H10O2. The normalized spacial score (nSPS) is 12.9. The van der Waals surface area contributed by atoms with Crippen LogP contribution in [0.4, 0.5) is 0 Å². The Balaban J connectivity index is 2.47. The second-order valence-electron chi connectivity index (χ2n) is 2.09. The molecule has 1 heterocycles. The number of rotatable bonds is 3.